The lowest BCUT2D eigenvalue weighted by Crippen LogP contribution is -2.45. The minimum Gasteiger partial charge on any atom is -0.380 e. The summed E-state index contributed by atoms with van der Waals surface area (Å²) in [5, 5.41) is 18.2. The first-order valence-corrected chi connectivity index (χ1v) is 10.8. The van der Waals surface area contributed by atoms with E-state index < -0.39 is 5.60 Å². The molecular weight excluding hydrogens is 376 g/mol. The summed E-state index contributed by atoms with van der Waals surface area (Å²) in [6.07, 6.45) is 8.93. The van der Waals surface area contributed by atoms with Crippen LogP contribution in [0.25, 0.3) is 5.78 Å². The second-order valence-corrected chi connectivity index (χ2v) is 9.08. The smallest absolute Gasteiger partial charge is 0.254 e. The number of aromatic nitrogens is 5. The van der Waals surface area contributed by atoms with Gasteiger partial charge in [-0.25, -0.2) is 9.97 Å². The van der Waals surface area contributed by atoms with E-state index in [-0.39, 0.29) is 5.60 Å². The van der Waals surface area contributed by atoms with Crippen molar-refractivity contribution in [2.24, 2.45) is 0 Å². The fourth-order valence-electron chi connectivity index (χ4n) is 5.07. The molecule has 9 heteroatoms. The molecule has 28 heavy (non-hydrogen) atoms. The van der Waals surface area contributed by atoms with E-state index in [0.29, 0.717) is 18.8 Å². The molecule has 6 rings (SSSR count). The van der Waals surface area contributed by atoms with E-state index in [9.17, 15) is 5.11 Å². The second-order valence-electron chi connectivity index (χ2n) is 8.19. The van der Waals surface area contributed by atoms with Crippen LogP contribution in [0.15, 0.2) is 17.9 Å². The first kappa shape index (κ1) is 16.8. The van der Waals surface area contributed by atoms with Gasteiger partial charge in [-0.05, 0) is 32.1 Å². The number of hydrogen-bond donors (Lipinski definition) is 1. The third-order valence-electron chi connectivity index (χ3n) is 6.46. The average Bonchev–Trinajstić information content (AvgIpc) is 3.48. The zero-order valence-corrected chi connectivity index (χ0v) is 16.4. The molecule has 3 aromatic heterocycles. The molecule has 8 nitrogen and oxygen atoms in total. The quantitative estimate of drug-likeness (QED) is 0.703. The molecule has 0 saturated carbocycles. The summed E-state index contributed by atoms with van der Waals surface area (Å²) in [5.74, 6) is 1.84. The minimum absolute atomic E-state index is 0.269. The molecule has 1 unspecified atom stereocenters. The van der Waals surface area contributed by atoms with Crippen LogP contribution >= 0.6 is 11.3 Å². The number of fused-ring (bicyclic) bond motifs is 2. The summed E-state index contributed by atoms with van der Waals surface area (Å²) < 4.78 is 8.11. The van der Waals surface area contributed by atoms with Crippen LogP contribution in [0, 0.1) is 0 Å². The summed E-state index contributed by atoms with van der Waals surface area (Å²) >= 11 is 1.50. The van der Waals surface area contributed by atoms with Crippen molar-refractivity contribution in [2.45, 2.75) is 49.7 Å². The molecule has 0 amide bonds. The summed E-state index contributed by atoms with van der Waals surface area (Å²) in [6, 6.07) is 0. The van der Waals surface area contributed by atoms with E-state index >= 15 is 0 Å². The van der Waals surface area contributed by atoms with Crippen molar-refractivity contribution in [3.8, 4) is 0 Å². The number of thiazole rings is 1. The van der Waals surface area contributed by atoms with Crippen LogP contribution in [-0.2, 0) is 23.2 Å². The molecule has 2 fully saturated rings. The molecule has 3 aromatic rings. The van der Waals surface area contributed by atoms with E-state index in [0.717, 1.165) is 56.0 Å². The molecule has 2 saturated heterocycles. The molecule has 5 heterocycles. The van der Waals surface area contributed by atoms with Crippen LogP contribution in [0.1, 0.15) is 41.9 Å². The largest absolute Gasteiger partial charge is 0.380 e. The number of ether oxygens (including phenoxy) is 1. The number of piperidine rings is 1. The van der Waals surface area contributed by atoms with Gasteiger partial charge in [0, 0.05) is 36.7 Å². The highest BCUT2D eigenvalue weighted by Crippen LogP contribution is 2.46. The number of aryl methyl sites for hydroxylation is 1. The van der Waals surface area contributed by atoms with E-state index in [2.05, 4.69) is 25.0 Å². The lowest BCUT2D eigenvalue weighted by molar-refractivity contribution is -0.0243. The minimum atomic E-state index is -0.951. The predicted octanol–water partition coefficient (Wildman–Crippen LogP) is 1.72. The molecule has 1 atom stereocenters. The van der Waals surface area contributed by atoms with Gasteiger partial charge in [0.1, 0.15) is 22.8 Å². The molecule has 1 N–H and O–H groups in total. The van der Waals surface area contributed by atoms with Gasteiger partial charge in [0.2, 0.25) is 0 Å². The molecule has 2 aliphatic heterocycles. The molecule has 1 spiro atoms. The zero-order chi connectivity index (χ0) is 18.8. The fourth-order valence-corrected chi connectivity index (χ4v) is 5.79. The summed E-state index contributed by atoms with van der Waals surface area (Å²) in [5.41, 5.74) is 1.27. The molecular formula is C19H22N6O2S. The second kappa shape index (κ2) is 5.95. The molecule has 1 aliphatic carbocycles. The van der Waals surface area contributed by atoms with Crippen LogP contribution in [0.5, 0.6) is 0 Å². The van der Waals surface area contributed by atoms with Gasteiger partial charge in [-0.3, -0.25) is 0 Å². The van der Waals surface area contributed by atoms with E-state index in [1.807, 2.05) is 9.90 Å². The van der Waals surface area contributed by atoms with Gasteiger partial charge >= 0.3 is 0 Å². The topological polar surface area (TPSA) is 88.7 Å². The molecule has 0 radical (unpaired) electrons. The maximum absolute atomic E-state index is 11.1. The normalized spacial score (nSPS) is 26.4. The maximum atomic E-state index is 11.1. The van der Waals surface area contributed by atoms with Crippen molar-refractivity contribution in [3.05, 3.63) is 34.2 Å². The van der Waals surface area contributed by atoms with Crippen molar-refractivity contribution in [1.29, 1.82) is 0 Å². The highest BCUT2D eigenvalue weighted by atomic mass is 32.1. The van der Waals surface area contributed by atoms with E-state index in [1.165, 1.54) is 22.6 Å². The van der Waals surface area contributed by atoms with Crippen molar-refractivity contribution in [3.63, 3.8) is 0 Å². The van der Waals surface area contributed by atoms with Gasteiger partial charge in [-0.2, -0.15) is 14.6 Å². The predicted molar refractivity (Wildman–Crippen MR) is 104 cm³/mol. The van der Waals surface area contributed by atoms with Crippen molar-refractivity contribution >= 4 is 22.9 Å². The Labute approximate surface area is 166 Å². The first-order chi connectivity index (χ1) is 13.7. The van der Waals surface area contributed by atoms with Crippen LogP contribution < -0.4 is 4.90 Å². The summed E-state index contributed by atoms with van der Waals surface area (Å²) in [6.45, 7) is 2.08. The Bertz CT molecular complexity index is 1030. The van der Waals surface area contributed by atoms with Gasteiger partial charge in [0.25, 0.3) is 5.78 Å². The molecule has 146 valence electrons. The third kappa shape index (κ3) is 2.42. The van der Waals surface area contributed by atoms with Crippen LogP contribution in [0.3, 0.4) is 0 Å². The van der Waals surface area contributed by atoms with Crippen LogP contribution in [-0.4, -0.2) is 55.0 Å². The van der Waals surface area contributed by atoms with Gasteiger partial charge < -0.3 is 14.7 Å². The Balaban J connectivity index is 1.27. The van der Waals surface area contributed by atoms with Crippen LogP contribution in [0.4, 0.5) is 5.82 Å². The Morgan fingerprint density at radius 2 is 2.07 bits per heavy atom. The van der Waals surface area contributed by atoms with E-state index in [1.54, 1.807) is 12.5 Å². The highest BCUT2D eigenvalue weighted by Gasteiger charge is 2.52. The van der Waals surface area contributed by atoms with Crippen molar-refractivity contribution < 1.29 is 9.84 Å². The molecule has 0 bridgehead atoms. The molecule has 3 aliphatic rings. The maximum Gasteiger partial charge on any atom is 0.254 e. The lowest BCUT2D eigenvalue weighted by atomic mass is 9.83. The van der Waals surface area contributed by atoms with Gasteiger partial charge in [-0.15, -0.1) is 11.3 Å². The van der Waals surface area contributed by atoms with Gasteiger partial charge in [-0.1, -0.05) is 0 Å². The number of anilines is 1. The highest BCUT2D eigenvalue weighted by molar-refractivity contribution is 7.09. The fraction of sp³-hybridized carbons (Fsp3) is 0.579. The summed E-state index contributed by atoms with van der Waals surface area (Å²) in [4.78, 5) is 15.7. The number of aliphatic hydroxyl groups is 1. The lowest BCUT2D eigenvalue weighted by Gasteiger charge is -2.40. The first-order valence-electron chi connectivity index (χ1n) is 9.89. The third-order valence-corrected chi connectivity index (χ3v) is 7.43. The SMILES string of the molecule is OC1(c2nccs2)COC2(CCN(c3c4c(nc5ncnn35)CCC4)CC2)C1. The monoisotopic (exact) mass is 398 g/mol. The summed E-state index contributed by atoms with van der Waals surface area (Å²) in [7, 11) is 0. The Morgan fingerprint density at radius 3 is 2.89 bits per heavy atom. The zero-order valence-electron chi connectivity index (χ0n) is 15.5. The van der Waals surface area contributed by atoms with Crippen molar-refractivity contribution in [1.82, 2.24) is 24.6 Å². The van der Waals surface area contributed by atoms with E-state index in [4.69, 9.17) is 4.74 Å². The Kier molecular flexibility index (Phi) is 3.57. The number of hydrogen-bond acceptors (Lipinski definition) is 8. The number of nitrogens with zero attached hydrogens (tertiary/aromatic N) is 6. The Hall–Kier alpha value is -2.10. The van der Waals surface area contributed by atoms with Crippen LogP contribution in [0.2, 0.25) is 0 Å². The van der Waals surface area contributed by atoms with Gasteiger partial charge in [0.05, 0.1) is 17.9 Å². The standard InChI is InChI=1S/C19H22N6O2S/c26-19(16-20-6-9-28-16)10-18(27-11-19)4-7-24(8-5-18)15-13-2-1-3-14(13)23-17-21-12-22-25(15)17/h6,9,12,26H,1-5,7-8,10-11H2. The van der Waals surface area contributed by atoms with Crippen molar-refractivity contribution in [2.75, 3.05) is 24.6 Å². The molecule has 0 aromatic carbocycles. The Morgan fingerprint density at radius 1 is 1.18 bits per heavy atom. The number of rotatable bonds is 2. The average molecular weight is 398 g/mol. The van der Waals surface area contributed by atoms with Gasteiger partial charge in [0.15, 0.2) is 0 Å².